The van der Waals surface area contributed by atoms with E-state index in [0.29, 0.717) is 0 Å². The van der Waals surface area contributed by atoms with Crippen LogP contribution >= 0.6 is 0 Å². The largest absolute Gasteiger partial charge is 0.466 e. The molecule has 16 heavy (non-hydrogen) atoms. The zero-order chi connectivity index (χ0) is 12.3. The number of nitrogens with one attached hydrogen (secondary N) is 2. The zero-order valence-electron chi connectivity index (χ0n) is 9.01. The van der Waals surface area contributed by atoms with E-state index in [9.17, 15) is 13.2 Å². The third-order valence-corrected chi connectivity index (χ3v) is 3.40. The summed E-state index contributed by atoms with van der Waals surface area (Å²) in [6.45, 7) is 1.29. The zero-order valence-corrected chi connectivity index (χ0v) is 9.83. The Labute approximate surface area is 92.3 Å². The first kappa shape index (κ1) is 12.4. The molecule has 0 aliphatic carbocycles. The number of rotatable bonds is 4. The fourth-order valence-electron chi connectivity index (χ4n) is 0.806. The van der Waals surface area contributed by atoms with Gasteiger partial charge in [-0.15, -0.1) is 5.10 Å². The van der Waals surface area contributed by atoms with Crippen LogP contribution in [0.3, 0.4) is 0 Å². The smallest absolute Gasteiger partial charge is 0.336 e. The predicted molar refractivity (Wildman–Crippen MR) is 55.9 cm³/mol. The molecule has 1 aromatic heterocycles. The van der Waals surface area contributed by atoms with Crippen molar-refractivity contribution in [1.82, 2.24) is 15.2 Å². The molecule has 1 rings (SSSR count). The van der Waals surface area contributed by atoms with Crippen molar-refractivity contribution in [3.05, 3.63) is 0 Å². The molecule has 0 aliphatic rings. The van der Waals surface area contributed by atoms with E-state index in [1.165, 1.54) is 14.0 Å². The average Bonchev–Trinajstić information content (AvgIpc) is 2.63. The molecule has 0 bridgehead atoms. The second-order valence-corrected chi connectivity index (χ2v) is 5.50. The van der Waals surface area contributed by atoms with E-state index < -0.39 is 21.0 Å². The molecule has 8 nitrogen and oxygen atoms in total. The van der Waals surface area contributed by atoms with Crippen molar-refractivity contribution in [2.24, 2.45) is 0 Å². The van der Waals surface area contributed by atoms with E-state index in [1.54, 1.807) is 0 Å². The van der Waals surface area contributed by atoms with Crippen LogP contribution in [0.25, 0.3) is 0 Å². The van der Waals surface area contributed by atoms with Gasteiger partial charge in [-0.3, -0.25) is 10.1 Å². The topological polar surface area (TPSA) is 114 Å². The summed E-state index contributed by atoms with van der Waals surface area (Å²) in [5.74, 6) is -0.640. The number of nitrogens with zero attached hydrogens (tertiary/aromatic N) is 2. The van der Waals surface area contributed by atoms with Crippen molar-refractivity contribution >= 4 is 21.7 Å². The first-order chi connectivity index (χ1) is 7.34. The van der Waals surface area contributed by atoms with E-state index in [1.807, 2.05) is 0 Å². The number of aromatic amines is 1. The Kier molecular flexibility index (Phi) is 3.48. The van der Waals surface area contributed by atoms with Crippen LogP contribution in [0.2, 0.25) is 0 Å². The number of H-pyrrole nitrogens is 1. The fourth-order valence-corrected chi connectivity index (χ4v) is 1.25. The molecule has 0 aliphatic heterocycles. The van der Waals surface area contributed by atoms with Crippen molar-refractivity contribution in [1.29, 1.82) is 0 Å². The second-order valence-electron chi connectivity index (χ2n) is 3.13. The standard InChI is InChI=1S/C7H12N4O4S/c1-4(16(3,13)14)5(12)8-6-9-7(15-2)11-10-6/h4H,1-3H3,(H2,8,9,10,11,12). The van der Waals surface area contributed by atoms with Gasteiger partial charge in [0, 0.05) is 6.26 Å². The molecular formula is C7H12N4O4S. The number of carbonyl (C=O) groups is 1. The summed E-state index contributed by atoms with van der Waals surface area (Å²) in [6.07, 6.45) is 0.984. The predicted octanol–water partition coefficient (Wildman–Crippen LogP) is -0.815. The Hall–Kier alpha value is -1.64. The molecule has 0 aromatic carbocycles. The van der Waals surface area contributed by atoms with Gasteiger partial charge in [-0.05, 0) is 6.92 Å². The van der Waals surface area contributed by atoms with Crippen molar-refractivity contribution in [3.8, 4) is 6.01 Å². The average molecular weight is 248 g/mol. The molecule has 1 aromatic rings. The van der Waals surface area contributed by atoms with Crippen LogP contribution in [-0.4, -0.2) is 48.1 Å². The molecule has 0 saturated heterocycles. The molecule has 2 N–H and O–H groups in total. The van der Waals surface area contributed by atoms with Gasteiger partial charge in [0.1, 0.15) is 5.25 Å². The van der Waals surface area contributed by atoms with Crippen molar-refractivity contribution in [2.45, 2.75) is 12.2 Å². The lowest BCUT2D eigenvalue weighted by atomic mass is 10.4. The third-order valence-electron chi connectivity index (χ3n) is 1.90. The first-order valence-electron chi connectivity index (χ1n) is 4.30. The SMILES string of the molecule is COc1n[nH]c(NC(=O)C(C)S(C)(=O)=O)n1. The molecule has 1 unspecified atom stereocenters. The molecule has 0 spiro atoms. The van der Waals surface area contributed by atoms with Gasteiger partial charge in [-0.25, -0.2) is 13.5 Å². The first-order valence-corrected chi connectivity index (χ1v) is 6.26. The van der Waals surface area contributed by atoms with Gasteiger partial charge >= 0.3 is 6.01 Å². The van der Waals surface area contributed by atoms with E-state index >= 15 is 0 Å². The monoisotopic (exact) mass is 248 g/mol. The maximum Gasteiger partial charge on any atom is 0.336 e. The Morgan fingerprint density at radius 3 is 2.62 bits per heavy atom. The summed E-state index contributed by atoms with van der Waals surface area (Å²) in [7, 11) is -2.06. The fraction of sp³-hybridized carbons (Fsp3) is 0.571. The summed E-state index contributed by atoms with van der Waals surface area (Å²) in [5.41, 5.74) is 0. The van der Waals surface area contributed by atoms with Gasteiger partial charge < -0.3 is 4.74 Å². The number of anilines is 1. The highest BCUT2D eigenvalue weighted by Crippen LogP contribution is 2.06. The molecular weight excluding hydrogens is 236 g/mol. The normalized spacial score (nSPS) is 13.2. The number of hydrogen-bond acceptors (Lipinski definition) is 6. The van der Waals surface area contributed by atoms with Gasteiger partial charge in [-0.1, -0.05) is 0 Å². The molecule has 0 saturated carbocycles. The minimum Gasteiger partial charge on any atom is -0.466 e. The molecule has 0 radical (unpaired) electrons. The van der Waals surface area contributed by atoms with Crippen molar-refractivity contribution in [3.63, 3.8) is 0 Å². The molecule has 9 heteroatoms. The van der Waals surface area contributed by atoms with Crippen LogP contribution in [0.15, 0.2) is 0 Å². The number of methoxy groups -OCH3 is 1. The van der Waals surface area contributed by atoms with E-state index in [-0.39, 0.29) is 12.0 Å². The molecule has 1 heterocycles. The number of aromatic nitrogens is 3. The van der Waals surface area contributed by atoms with Gasteiger partial charge in [-0.2, -0.15) is 4.98 Å². The summed E-state index contributed by atoms with van der Waals surface area (Å²) in [4.78, 5) is 15.2. The summed E-state index contributed by atoms with van der Waals surface area (Å²) in [6, 6.07) is 0.0577. The van der Waals surface area contributed by atoms with E-state index in [2.05, 4.69) is 25.2 Å². The summed E-state index contributed by atoms with van der Waals surface area (Å²) < 4.78 is 26.9. The van der Waals surface area contributed by atoms with Crippen LogP contribution in [-0.2, 0) is 14.6 Å². The van der Waals surface area contributed by atoms with E-state index in [4.69, 9.17) is 0 Å². The molecule has 1 amide bonds. The lowest BCUT2D eigenvalue weighted by molar-refractivity contribution is -0.115. The van der Waals surface area contributed by atoms with Crippen LogP contribution < -0.4 is 10.1 Å². The Morgan fingerprint density at radius 2 is 2.19 bits per heavy atom. The quantitative estimate of drug-likeness (QED) is 0.720. The number of carbonyl (C=O) groups excluding carboxylic acids is 1. The highest BCUT2D eigenvalue weighted by Gasteiger charge is 2.24. The summed E-state index contributed by atoms with van der Waals surface area (Å²) >= 11 is 0. The number of hydrogen-bond donors (Lipinski definition) is 2. The van der Waals surface area contributed by atoms with Crippen LogP contribution in [0.4, 0.5) is 5.95 Å². The van der Waals surface area contributed by atoms with Crippen LogP contribution in [0, 0.1) is 0 Å². The molecule has 1 atom stereocenters. The number of amides is 1. The maximum absolute atomic E-state index is 11.4. The Balaban J connectivity index is 2.72. The Morgan fingerprint density at radius 1 is 1.56 bits per heavy atom. The summed E-state index contributed by atoms with van der Waals surface area (Å²) in [5, 5.41) is 7.09. The van der Waals surface area contributed by atoms with Crippen molar-refractivity contribution in [2.75, 3.05) is 18.7 Å². The van der Waals surface area contributed by atoms with Crippen LogP contribution in [0.1, 0.15) is 6.92 Å². The van der Waals surface area contributed by atoms with Gasteiger partial charge in [0.15, 0.2) is 9.84 Å². The Bertz CT molecular complexity index is 480. The number of ether oxygens (including phenoxy) is 1. The highest BCUT2D eigenvalue weighted by molar-refractivity contribution is 7.92. The minimum absolute atomic E-state index is 0.0392. The minimum atomic E-state index is -3.43. The lowest BCUT2D eigenvalue weighted by Crippen LogP contribution is -2.32. The second kappa shape index (κ2) is 4.47. The highest BCUT2D eigenvalue weighted by atomic mass is 32.2. The lowest BCUT2D eigenvalue weighted by Gasteiger charge is -2.07. The number of sulfone groups is 1. The van der Waals surface area contributed by atoms with Gasteiger partial charge in [0.05, 0.1) is 7.11 Å². The third kappa shape index (κ3) is 2.92. The van der Waals surface area contributed by atoms with Gasteiger partial charge in [0.2, 0.25) is 11.9 Å². The van der Waals surface area contributed by atoms with Crippen molar-refractivity contribution < 1.29 is 17.9 Å². The maximum atomic E-state index is 11.4. The van der Waals surface area contributed by atoms with E-state index in [0.717, 1.165) is 6.26 Å². The molecule has 0 fully saturated rings. The molecule has 90 valence electrons. The van der Waals surface area contributed by atoms with Gasteiger partial charge in [0.25, 0.3) is 0 Å². The van der Waals surface area contributed by atoms with Crippen LogP contribution in [0.5, 0.6) is 6.01 Å².